The molecule has 1 aliphatic heterocycles. The Bertz CT molecular complexity index is 619. The summed E-state index contributed by atoms with van der Waals surface area (Å²) in [6.07, 6.45) is -4.93. The summed E-state index contributed by atoms with van der Waals surface area (Å²) in [5, 5.41) is 0. The molecule has 0 spiro atoms. The van der Waals surface area contributed by atoms with Crippen LogP contribution in [0, 0.1) is 0 Å². The van der Waals surface area contributed by atoms with Crippen molar-refractivity contribution in [3.63, 3.8) is 0 Å². The van der Waals surface area contributed by atoms with Crippen LogP contribution in [0.4, 0.5) is 13.2 Å². The first-order valence-electron chi connectivity index (χ1n) is 6.77. The molecule has 1 heterocycles. The van der Waals surface area contributed by atoms with Crippen molar-refractivity contribution in [2.75, 3.05) is 12.9 Å². The van der Waals surface area contributed by atoms with E-state index in [1.54, 1.807) is 19.9 Å². The number of benzene rings is 1. The van der Waals surface area contributed by atoms with Gasteiger partial charge in [0.15, 0.2) is 0 Å². The lowest BCUT2D eigenvalue weighted by Gasteiger charge is -2.40. The van der Waals surface area contributed by atoms with Crippen molar-refractivity contribution in [2.24, 2.45) is 0 Å². The molecular weight excluding hydrogens is 347 g/mol. The van der Waals surface area contributed by atoms with Gasteiger partial charge >= 0.3 is 6.18 Å². The molecule has 0 bridgehead atoms. The second-order valence-corrected chi connectivity index (χ2v) is 7.37. The molecule has 0 N–H and O–H groups in total. The van der Waals surface area contributed by atoms with Crippen molar-refractivity contribution < 1.29 is 22.7 Å². The topological polar surface area (TPSA) is 29.5 Å². The van der Waals surface area contributed by atoms with Crippen LogP contribution in [0.15, 0.2) is 30.3 Å². The van der Waals surface area contributed by atoms with Crippen LogP contribution in [0.3, 0.4) is 0 Å². The van der Waals surface area contributed by atoms with Crippen molar-refractivity contribution in [3.05, 3.63) is 35.9 Å². The highest BCUT2D eigenvalue weighted by molar-refractivity contribution is 8.23. The quantitative estimate of drug-likeness (QED) is 0.766. The van der Waals surface area contributed by atoms with Crippen LogP contribution in [-0.2, 0) is 15.1 Å². The highest BCUT2D eigenvalue weighted by Gasteiger charge is 2.65. The van der Waals surface area contributed by atoms with Crippen molar-refractivity contribution >= 4 is 34.2 Å². The molecule has 126 valence electrons. The number of ether oxygens (including phenoxy) is 1. The molecule has 1 aromatic carbocycles. The van der Waals surface area contributed by atoms with E-state index in [1.165, 1.54) is 36.0 Å². The van der Waals surface area contributed by atoms with Crippen molar-refractivity contribution in [2.45, 2.75) is 31.2 Å². The van der Waals surface area contributed by atoms with Gasteiger partial charge in [-0.2, -0.15) is 13.2 Å². The summed E-state index contributed by atoms with van der Waals surface area (Å²) in [6.45, 7) is 3.36. The molecular formula is C15H16F3NO2S2. The number of thiocarbonyl (C=S) groups is 1. The van der Waals surface area contributed by atoms with E-state index in [9.17, 15) is 18.0 Å². The number of alkyl halides is 3. The van der Waals surface area contributed by atoms with E-state index < -0.39 is 23.2 Å². The van der Waals surface area contributed by atoms with Gasteiger partial charge in [-0.1, -0.05) is 54.3 Å². The van der Waals surface area contributed by atoms with E-state index in [2.05, 4.69) is 0 Å². The fraction of sp³-hybridized carbons (Fsp3) is 0.467. The number of halogens is 3. The van der Waals surface area contributed by atoms with Gasteiger partial charge in [0, 0.05) is 18.4 Å². The van der Waals surface area contributed by atoms with Crippen LogP contribution in [0.25, 0.3) is 0 Å². The number of rotatable bonds is 3. The summed E-state index contributed by atoms with van der Waals surface area (Å²) in [4.78, 5) is 14.0. The van der Waals surface area contributed by atoms with Gasteiger partial charge in [-0.15, -0.1) is 0 Å². The molecule has 1 fully saturated rings. The minimum Gasteiger partial charge on any atom is -0.356 e. The summed E-state index contributed by atoms with van der Waals surface area (Å²) in [5.74, 6) is -0.775. The first-order chi connectivity index (χ1) is 10.6. The lowest BCUT2D eigenvalue weighted by atomic mass is 9.89. The summed E-state index contributed by atoms with van der Waals surface area (Å²) in [5.41, 5.74) is -4.17. The number of nitrogens with zero attached hydrogens (tertiary/aromatic N) is 1. The van der Waals surface area contributed by atoms with Crippen LogP contribution in [-0.4, -0.2) is 39.7 Å². The molecule has 2 rings (SSSR count). The van der Waals surface area contributed by atoms with E-state index in [0.717, 1.165) is 12.0 Å². The third-order valence-electron chi connectivity index (χ3n) is 3.73. The van der Waals surface area contributed by atoms with Gasteiger partial charge in [-0.25, -0.2) is 0 Å². The van der Waals surface area contributed by atoms with Gasteiger partial charge in [0.2, 0.25) is 0 Å². The predicted molar refractivity (Wildman–Crippen MR) is 87.2 cm³/mol. The zero-order valence-corrected chi connectivity index (χ0v) is 14.4. The Kier molecular flexibility index (Phi) is 4.81. The zero-order valence-electron chi connectivity index (χ0n) is 12.8. The molecule has 1 amide bonds. The van der Waals surface area contributed by atoms with E-state index in [4.69, 9.17) is 17.0 Å². The Morgan fingerprint density at radius 3 is 2.26 bits per heavy atom. The lowest BCUT2D eigenvalue weighted by Crippen LogP contribution is -2.60. The highest BCUT2D eigenvalue weighted by atomic mass is 32.2. The van der Waals surface area contributed by atoms with E-state index in [-0.39, 0.29) is 9.88 Å². The van der Waals surface area contributed by atoms with Crippen LogP contribution >= 0.6 is 24.0 Å². The Hall–Kier alpha value is -1.12. The van der Waals surface area contributed by atoms with Gasteiger partial charge in [0.05, 0.1) is 5.54 Å². The molecule has 0 radical (unpaired) electrons. The number of carbonyl (C=O) groups is 1. The normalized spacial score (nSPS) is 20.4. The molecule has 1 aromatic rings. The summed E-state index contributed by atoms with van der Waals surface area (Å²) in [7, 11) is 0.887. The number of hydrogen-bond acceptors (Lipinski definition) is 4. The van der Waals surface area contributed by atoms with Crippen LogP contribution < -0.4 is 0 Å². The second-order valence-electron chi connectivity index (χ2n) is 5.76. The van der Waals surface area contributed by atoms with Gasteiger partial charge < -0.3 is 4.74 Å². The largest absolute Gasteiger partial charge is 0.430 e. The molecule has 1 saturated heterocycles. The maximum absolute atomic E-state index is 13.9. The SMILES string of the molecule is CO[C@@](C(=O)N1C(=S)SCC1(C)C)(c1ccccc1)C(F)(F)F. The van der Waals surface area contributed by atoms with Crippen molar-refractivity contribution in [3.8, 4) is 0 Å². The third-order valence-corrected chi connectivity index (χ3v) is 5.54. The number of hydrogen-bond donors (Lipinski definition) is 0. The predicted octanol–water partition coefficient (Wildman–Crippen LogP) is 3.73. The maximum Gasteiger partial charge on any atom is 0.430 e. The second kappa shape index (κ2) is 6.07. The number of methoxy groups -OCH3 is 1. The molecule has 0 aromatic heterocycles. The molecule has 0 aliphatic carbocycles. The van der Waals surface area contributed by atoms with Gasteiger partial charge in [0.25, 0.3) is 11.5 Å². The van der Waals surface area contributed by atoms with Gasteiger partial charge in [-0.3, -0.25) is 9.69 Å². The summed E-state index contributed by atoms with van der Waals surface area (Å²) < 4.78 is 46.7. The summed E-state index contributed by atoms with van der Waals surface area (Å²) in [6, 6.07) is 6.90. The van der Waals surface area contributed by atoms with Crippen LogP contribution in [0.2, 0.25) is 0 Å². The van der Waals surface area contributed by atoms with Crippen molar-refractivity contribution in [1.29, 1.82) is 0 Å². The zero-order chi connectivity index (χ0) is 17.5. The minimum atomic E-state index is -4.93. The van der Waals surface area contributed by atoms with Crippen molar-refractivity contribution in [1.82, 2.24) is 4.90 Å². The Labute approximate surface area is 142 Å². The number of amides is 1. The van der Waals surface area contributed by atoms with E-state index in [1.807, 2.05) is 0 Å². The first-order valence-corrected chi connectivity index (χ1v) is 8.16. The van der Waals surface area contributed by atoms with E-state index >= 15 is 0 Å². The standard InChI is InChI=1S/C15H16F3NO2S2/c1-13(2)9-23-12(22)19(13)11(20)14(21-3,15(16,17)18)10-7-5-4-6-8-10/h4-8H,9H2,1-3H3/t14-/m1/s1. The van der Waals surface area contributed by atoms with Crippen LogP contribution in [0.1, 0.15) is 19.4 Å². The number of carbonyl (C=O) groups excluding carboxylic acids is 1. The third kappa shape index (κ3) is 2.88. The first kappa shape index (κ1) is 18.2. The van der Waals surface area contributed by atoms with Gasteiger partial charge in [-0.05, 0) is 13.8 Å². The molecule has 0 unspecified atom stereocenters. The lowest BCUT2D eigenvalue weighted by molar-refractivity contribution is -0.269. The Balaban J connectivity index is 2.64. The minimum absolute atomic E-state index is 0.126. The molecule has 1 aliphatic rings. The fourth-order valence-electron chi connectivity index (χ4n) is 2.53. The summed E-state index contributed by atoms with van der Waals surface area (Å²) >= 11 is 6.29. The average Bonchev–Trinajstić information content (AvgIpc) is 2.73. The molecule has 23 heavy (non-hydrogen) atoms. The van der Waals surface area contributed by atoms with Gasteiger partial charge in [0.1, 0.15) is 4.32 Å². The number of thioether (sulfide) groups is 1. The highest BCUT2D eigenvalue weighted by Crippen LogP contribution is 2.46. The molecule has 1 atom stereocenters. The Morgan fingerprint density at radius 1 is 1.30 bits per heavy atom. The smallest absolute Gasteiger partial charge is 0.356 e. The molecule has 0 saturated carbocycles. The monoisotopic (exact) mass is 363 g/mol. The molecule has 3 nitrogen and oxygen atoms in total. The fourth-order valence-corrected chi connectivity index (χ4v) is 4.10. The molecule has 8 heteroatoms. The maximum atomic E-state index is 13.9. The van der Waals surface area contributed by atoms with Crippen LogP contribution in [0.5, 0.6) is 0 Å². The average molecular weight is 363 g/mol. The Morgan fingerprint density at radius 2 is 1.87 bits per heavy atom. The van der Waals surface area contributed by atoms with E-state index in [0.29, 0.717) is 5.75 Å².